The lowest BCUT2D eigenvalue weighted by Gasteiger charge is -2.29. The van der Waals surface area contributed by atoms with E-state index in [9.17, 15) is 14.7 Å². The topological polar surface area (TPSA) is 57.6 Å². The highest BCUT2D eigenvalue weighted by Gasteiger charge is 2.66. The fourth-order valence-electron chi connectivity index (χ4n) is 3.94. The molecule has 1 saturated heterocycles. The van der Waals surface area contributed by atoms with Gasteiger partial charge in [-0.05, 0) is 36.0 Å². The van der Waals surface area contributed by atoms with Crippen LogP contribution in [0.3, 0.4) is 0 Å². The fraction of sp³-hybridized carbons (Fsp3) is 0.882. The van der Waals surface area contributed by atoms with Crippen LogP contribution in [0.2, 0.25) is 0 Å². The van der Waals surface area contributed by atoms with Crippen LogP contribution in [0.25, 0.3) is 0 Å². The largest absolute Gasteiger partial charge is 0.481 e. The lowest BCUT2D eigenvalue weighted by molar-refractivity contribution is -0.142. The first-order chi connectivity index (χ1) is 9.56. The van der Waals surface area contributed by atoms with Gasteiger partial charge in [0.25, 0.3) is 0 Å². The molecule has 1 amide bonds. The van der Waals surface area contributed by atoms with Crippen LogP contribution in [0, 0.1) is 28.6 Å². The van der Waals surface area contributed by atoms with E-state index in [1.807, 2.05) is 18.7 Å². The molecule has 4 nitrogen and oxygen atoms in total. The minimum absolute atomic E-state index is 0.0574. The van der Waals surface area contributed by atoms with Gasteiger partial charge in [-0.2, -0.15) is 0 Å². The predicted molar refractivity (Wildman–Crippen MR) is 81.8 cm³/mol. The molecule has 120 valence electrons. The van der Waals surface area contributed by atoms with Crippen LogP contribution in [-0.4, -0.2) is 35.0 Å². The van der Waals surface area contributed by atoms with Crippen molar-refractivity contribution in [1.29, 1.82) is 0 Å². The van der Waals surface area contributed by atoms with Crippen molar-refractivity contribution in [1.82, 2.24) is 4.90 Å². The van der Waals surface area contributed by atoms with Gasteiger partial charge in [0.1, 0.15) is 0 Å². The number of likely N-dealkylation sites (tertiary alicyclic amines) is 1. The van der Waals surface area contributed by atoms with E-state index in [1.54, 1.807) is 0 Å². The number of carboxylic acids is 1. The molecule has 1 aliphatic carbocycles. The highest BCUT2D eigenvalue weighted by molar-refractivity contribution is 5.91. The second kappa shape index (κ2) is 5.29. The predicted octanol–water partition coefficient (Wildman–Crippen LogP) is 3.02. The first-order valence-corrected chi connectivity index (χ1v) is 8.08. The zero-order chi connectivity index (χ0) is 16.0. The Hall–Kier alpha value is -1.06. The number of amides is 1. The molecule has 1 N–H and O–H groups in total. The van der Waals surface area contributed by atoms with E-state index in [0.29, 0.717) is 5.92 Å². The van der Waals surface area contributed by atoms with Gasteiger partial charge in [0.15, 0.2) is 0 Å². The number of rotatable bonds is 2. The Morgan fingerprint density at radius 2 is 1.71 bits per heavy atom. The van der Waals surface area contributed by atoms with E-state index < -0.39 is 17.3 Å². The molecule has 1 aliphatic heterocycles. The van der Waals surface area contributed by atoms with Gasteiger partial charge in [-0.25, -0.2) is 0 Å². The van der Waals surface area contributed by atoms with Crippen molar-refractivity contribution in [2.75, 3.05) is 13.1 Å². The van der Waals surface area contributed by atoms with Crippen LogP contribution in [0.5, 0.6) is 0 Å². The van der Waals surface area contributed by atoms with Gasteiger partial charge in [0, 0.05) is 13.1 Å². The second-order valence-electron chi connectivity index (χ2n) is 8.43. The standard InChI is InChI=1S/C17H29NO3/c1-16(2,3)11-7-6-9-18(10-8-11)14(19)12-13(15(20)21)17(12,4)5/h11-13H,6-10H2,1-5H3,(H,20,21)/t11?,12-,13+/m1/s1. The molecule has 3 atom stereocenters. The molecule has 0 radical (unpaired) electrons. The van der Waals surface area contributed by atoms with Gasteiger partial charge in [0.2, 0.25) is 5.91 Å². The van der Waals surface area contributed by atoms with Crippen molar-refractivity contribution in [3.05, 3.63) is 0 Å². The molecule has 21 heavy (non-hydrogen) atoms. The average Bonchev–Trinajstić information content (AvgIpc) is 2.98. The quantitative estimate of drug-likeness (QED) is 0.852. The molecule has 4 heteroatoms. The summed E-state index contributed by atoms with van der Waals surface area (Å²) in [5, 5.41) is 9.24. The van der Waals surface area contributed by atoms with Crippen LogP contribution >= 0.6 is 0 Å². The van der Waals surface area contributed by atoms with Gasteiger partial charge in [-0.15, -0.1) is 0 Å². The third kappa shape index (κ3) is 3.09. The van der Waals surface area contributed by atoms with Crippen molar-refractivity contribution in [2.45, 2.75) is 53.9 Å². The van der Waals surface area contributed by atoms with E-state index in [2.05, 4.69) is 20.8 Å². The maximum Gasteiger partial charge on any atom is 0.307 e. The number of carbonyl (C=O) groups is 2. The molecular formula is C17H29NO3. The second-order valence-corrected chi connectivity index (χ2v) is 8.43. The molecule has 2 fully saturated rings. The molecule has 1 unspecified atom stereocenters. The lowest BCUT2D eigenvalue weighted by Crippen LogP contribution is -2.35. The van der Waals surface area contributed by atoms with E-state index in [0.717, 1.165) is 32.4 Å². The Bertz CT molecular complexity index is 436. The van der Waals surface area contributed by atoms with Crippen LogP contribution in [-0.2, 0) is 9.59 Å². The van der Waals surface area contributed by atoms with E-state index in [1.165, 1.54) is 0 Å². The minimum atomic E-state index is -0.833. The first-order valence-electron chi connectivity index (χ1n) is 8.08. The van der Waals surface area contributed by atoms with Crippen LogP contribution in [0.15, 0.2) is 0 Å². The Kier molecular flexibility index (Phi) is 4.11. The Morgan fingerprint density at radius 1 is 1.10 bits per heavy atom. The van der Waals surface area contributed by atoms with Crippen molar-refractivity contribution >= 4 is 11.9 Å². The Labute approximate surface area is 127 Å². The van der Waals surface area contributed by atoms with Gasteiger partial charge in [-0.3, -0.25) is 9.59 Å². The summed E-state index contributed by atoms with van der Waals surface area (Å²) >= 11 is 0. The molecule has 0 bridgehead atoms. The molecule has 0 aromatic rings. The fourth-order valence-corrected chi connectivity index (χ4v) is 3.94. The molecule has 2 aliphatic rings. The van der Waals surface area contributed by atoms with Crippen molar-refractivity contribution in [2.24, 2.45) is 28.6 Å². The number of carbonyl (C=O) groups excluding carboxylic acids is 1. The molecule has 0 aromatic heterocycles. The van der Waals surface area contributed by atoms with Gasteiger partial charge in [0.05, 0.1) is 11.8 Å². The number of hydrogen-bond acceptors (Lipinski definition) is 2. The van der Waals surface area contributed by atoms with Gasteiger partial charge in [-0.1, -0.05) is 34.6 Å². The summed E-state index contributed by atoms with van der Waals surface area (Å²) in [5.41, 5.74) is -0.111. The smallest absolute Gasteiger partial charge is 0.307 e. The third-order valence-corrected chi connectivity index (χ3v) is 5.62. The summed E-state index contributed by atoms with van der Waals surface area (Å²) in [7, 11) is 0. The first kappa shape index (κ1) is 16.3. The highest BCUT2D eigenvalue weighted by Crippen LogP contribution is 2.59. The number of hydrogen-bond donors (Lipinski definition) is 1. The highest BCUT2D eigenvalue weighted by atomic mass is 16.4. The SMILES string of the molecule is CC(C)(C)C1CCCN(C(=O)[C@H]2[C@@H](C(=O)O)C2(C)C)CC1. The molecule has 0 spiro atoms. The molecule has 0 aromatic carbocycles. The van der Waals surface area contributed by atoms with Crippen molar-refractivity contribution < 1.29 is 14.7 Å². The molecule has 2 rings (SSSR count). The van der Waals surface area contributed by atoms with E-state index in [4.69, 9.17) is 0 Å². The summed E-state index contributed by atoms with van der Waals surface area (Å²) in [6.45, 7) is 12.1. The number of carboxylic acid groups (broad SMARTS) is 1. The summed E-state index contributed by atoms with van der Waals surface area (Å²) in [6, 6.07) is 0. The van der Waals surface area contributed by atoms with Crippen LogP contribution < -0.4 is 0 Å². The number of aliphatic carboxylic acids is 1. The van der Waals surface area contributed by atoms with Gasteiger partial charge < -0.3 is 10.0 Å². The lowest BCUT2D eigenvalue weighted by atomic mass is 9.77. The normalized spacial score (nSPS) is 32.4. The summed E-state index contributed by atoms with van der Waals surface area (Å²) in [6.07, 6.45) is 3.21. The average molecular weight is 295 g/mol. The van der Waals surface area contributed by atoms with Crippen molar-refractivity contribution in [3.8, 4) is 0 Å². The summed E-state index contributed by atoms with van der Waals surface area (Å²) < 4.78 is 0. The van der Waals surface area contributed by atoms with Crippen LogP contribution in [0.4, 0.5) is 0 Å². The molecular weight excluding hydrogens is 266 g/mol. The van der Waals surface area contributed by atoms with E-state index in [-0.39, 0.29) is 17.2 Å². The molecule has 1 heterocycles. The minimum Gasteiger partial charge on any atom is -0.481 e. The van der Waals surface area contributed by atoms with Crippen LogP contribution in [0.1, 0.15) is 53.9 Å². The maximum absolute atomic E-state index is 12.7. The summed E-state index contributed by atoms with van der Waals surface area (Å²) in [5.74, 6) is -0.978. The van der Waals surface area contributed by atoms with E-state index >= 15 is 0 Å². The maximum atomic E-state index is 12.7. The van der Waals surface area contributed by atoms with Crippen molar-refractivity contribution in [3.63, 3.8) is 0 Å². The summed E-state index contributed by atoms with van der Waals surface area (Å²) in [4.78, 5) is 25.8. The Morgan fingerprint density at radius 3 is 2.19 bits per heavy atom. The zero-order valence-electron chi connectivity index (χ0n) is 14.0. The molecule has 1 saturated carbocycles. The number of nitrogens with zero attached hydrogens (tertiary/aromatic N) is 1. The third-order valence-electron chi connectivity index (χ3n) is 5.62. The van der Waals surface area contributed by atoms with Gasteiger partial charge >= 0.3 is 5.97 Å². The monoisotopic (exact) mass is 295 g/mol. The zero-order valence-corrected chi connectivity index (χ0v) is 14.0. The Balaban J connectivity index is 2.01.